The first-order valence-electron chi connectivity index (χ1n) is 13.3. The first-order valence-corrected chi connectivity index (χ1v) is 13.3. The minimum atomic E-state index is -0.130. The van der Waals surface area contributed by atoms with Crippen molar-refractivity contribution in [1.82, 2.24) is 15.5 Å². The third-order valence-corrected chi connectivity index (χ3v) is 7.49. The molecule has 6 heteroatoms. The highest BCUT2D eigenvalue weighted by atomic mass is 16.5. The molecule has 1 saturated heterocycles. The lowest BCUT2D eigenvalue weighted by Crippen LogP contribution is -2.48. The quantitative estimate of drug-likeness (QED) is 0.394. The summed E-state index contributed by atoms with van der Waals surface area (Å²) >= 11 is 0. The van der Waals surface area contributed by atoms with E-state index in [9.17, 15) is 4.79 Å². The van der Waals surface area contributed by atoms with Crippen molar-refractivity contribution in [3.05, 3.63) is 101 Å². The van der Waals surface area contributed by atoms with Gasteiger partial charge in [-0.15, -0.1) is 0 Å². The topological polar surface area (TPSA) is 62.8 Å². The molecule has 0 aromatic heterocycles. The number of benzene rings is 3. The molecule has 2 aliphatic rings. The first-order chi connectivity index (χ1) is 18.2. The summed E-state index contributed by atoms with van der Waals surface area (Å²) < 4.78 is 11.1. The number of hydrogen-bond acceptors (Lipinski definition) is 5. The maximum Gasteiger partial charge on any atom is 0.237 e. The summed E-state index contributed by atoms with van der Waals surface area (Å²) in [5.41, 5.74) is 5.16. The van der Waals surface area contributed by atoms with Crippen LogP contribution in [0.25, 0.3) is 0 Å². The standard InChI is InChI=1S/C31H37N3O3/c1-36-15-14-32-31(35)30-19-27(21-34(30)28-17-25-11-5-6-12-26(25)18-28)33-20-24-10-7-13-29(16-24)37-22-23-8-3-2-4-9-23/h2-13,16,27-28,30,33H,14-15,17-22H2,1H3,(H,32,35)/t27-,30+/m1/s1. The predicted molar refractivity (Wildman–Crippen MR) is 145 cm³/mol. The molecular formula is C31H37N3O3. The Labute approximate surface area is 220 Å². The van der Waals surface area contributed by atoms with Crippen molar-refractivity contribution in [3.63, 3.8) is 0 Å². The maximum absolute atomic E-state index is 13.2. The van der Waals surface area contributed by atoms with Gasteiger partial charge >= 0.3 is 0 Å². The SMILES string of the molecule is COCCNC(=O)[C@@H]1C[C@@H](NCc2cccc(OCc3ccccc3)c2)CN1C1Cc2ccccc2C1. The van der Waals surface area contributed by atoms with Gasteiger partial charge in [0.1, 0.15) is 12.4 Å². The molecule has 194 valence electrons. The summed E-state index contributed by atoms with van der Waals surface area (Å²) in [6.45, 7) is 3.23. The fraction of sp³-hybridized carbons (Fsp3) is 0.387. The average Bonchev–Trinajstić information content (AvgIpc) is 3.56. The van der Waals surface area contributed by atoms with E-state index in [1.54, 1.807) is 7.11 Å². The lowest BCUT2D eigenvalue weighted by molar-refractivity contribution is -0.126. The Bertz CT molecular complexity index is 1140. The highest BCUT2D eigenvalue weighted by Crippen LogP contribution is 2.31. The zero-order valence-electron chi connectivity index (χ0n) is 21.6. The van der Waals surface area contributed by atoms with Gasteiger partial charge in [-0.05, 0) is 53.6 Å². The van der Waals surface area contributed by atoms with E-state index >= 15 is 0 Å². The van der Waals surface area contributed by atoms with Gasteiger partial charge in [0.05, 0.1) is 12.6 Å². The molecule has 3 aromatic rings. The fourth-order valence-corrected chi connectivity index (χ4v) is 5.58. The smallest absolute Gasteiger partial charge is 0.237 e. The third kappa shape index (κ3) is 6.58. The van der Waals surface area contributed by atoms with Gasteiger partial charge in [0.15, 0.2) is 0 Å². The molecule has 5 rings (SSSR count). The number of nitrogens with zero attached hydrogens (tertiary/aromatic N) is 1. The molecule has 0 unspecified atom stereocenters. The van der Waals surface area contributed by atoms with Crippen molar-refractivity contribution in [2.45, 2.75) is 50.5 Å². The highest BCUT2D eigenvalue weighted by molar-refractivity contribution is 5.82. The van der Waals surface area contributed by atoms with E-state index in [1.807, 2.05) is 30.3 Å². The van der Waals surface area contributed by atoms with Crippen LogP contribution in [0.1, 0.15) is 28.7 Å². The minimum Gasteiger partial charge on any atom is -0.489 e. The number of fused-ring (bicyclic) bond motifs is 1. The summed E-state index contributed by atoms with van der Waals surface area (Å²) in [6, 6.07) is 27.6. The van der Waals surface area contributed by atoms with Crippen molar-refractivity contribution in [1.29, 1.82) is 0 Å². The number of hydrogen-bond donors (Lipinski definition) is 2. The van der Waals surface area contributed by atoms with Gasteiger partial charge in [-0.25, -0.2) is 0 Å². The van der Waals surface area contributed by atoms with Crippen LogP contribution in [0.3, 0.4) is 0 Å². The van der Waals surface area contributed by atoms with Crippen LogP contribution in [0.2, 0.25) is 0 Å². The third-order valence-electron chi connectivity index (χ3n) is 7.49. The second-order valence-electron chi connectivity index (χ2n) is 10.1. The number of nitrogens with one attached hydrogen (secondary N) is 2. The van der Waals surface area contributed by atoms with E-state index < -0.39 is 0 Å². The molecule has 3 aromatic carbocycles. The normalized spacial score (nSPS) is 19.6. The summed E-state index contributed by atoms with van der Waals surface area (Å²) in [6.07, 6.45) is 2.81. The Hall–Kier alpha value is -3.19. The van der Waals surface area contributed by atoms with Crippen LogP contribution in [-0.4, -0.2) is 55.7 Å². The Balaban J connectivity index is 1.20. The van der Waals surface area contributed by atoms with Gasteiger partial charge in [-0.1, -0.05) is 66.7 Å². The molecule has 1 amide bonds. The van der Waals surface area contributed by atoms with Crippen molar-refractivity contribution >= 4 is 5.91 Å². The van der Waals surface area contributed by atoms with E-state index in [2.05, 4.69) is 64.1 Å². The number of ether oxygens (including phenoxy) is 2. The van der Waals surface area contributed by atoms with Crippen LogP contribution < -0.4 is 15.4 Å². The largest absolute Gasteiger partial charge is 0.489 e. The molecule has 0 saturated carbocycles. The van der Waals surface area contributed by atoms with Crippen molar-refractivity contribution in [2.24, 2.45) is 0 Å². The molecule has 1 fully saturated rings. The maximum atomic E-state index is 13.2. The number of methoxy groups -OCH3 is 1. The van der Waals surface area contributed by atoms with E-state index in [0.717, 1.165) is 43.7 Å². The van der Waals surface area contributed by atoms with Gasteiger partial charge in [0, 0.05) is 38.8 Å². The molecule has 37 heavy (non-hydrogen) atoms. The molecule has 1 aliphatic carbocycles. The van der Waals surface area contributed by atoms with E-state index in [4.69, 9.17) is 9.47 Å². The zero-order valence-corrected chi connectivity index (χ0v) is 21.6. The Morgan fingerprint density at radius 2 is 1.68 bits per heavy atom. The molecule has 2 N–H and O–H groups in total. The molecule has 0 spiro atoms. The molecule has 0 radical (unpaired) electrons. The van der Waals surface area contributed by atoms with Gasteiger partial charge in [0.2, 0.25) is 5.91 Å². The number of carbonyl (C=O) groups is 1. The Kier molecular flexibility index (Phi) is 8.51. The molecule has 1 aliphatic heterocycles. The molecule has 1 heterocycles. The monoisotopic (exact) mass is 499 g/mol. The van der Waals surface area contributed by atoms with Gasteiger partial charge in [-0.2, -0.15) is 0 Å². The van der Waals surface area contributed by atoms with E-state index in [-0.39, 0.29) is 18.0 Å². The Morgan fingerprint density at radius 1 is 0.946 bits per heavy atom. The average molecular weight is 500 g/mol. The highest BCUT2D eigenvalue weighted by Gasteiger charge is 2.41. The second kappa shape index (κ2) is 12.4. The van der Waals surface area contributed by atoms with Crippen LogP contribution in [0, 0.1) is 0 Å². The number of amides is 1. The number of carbonyl (C=O) groups excluding carboxylic acids is 1. The van der Waals surface area contributed by atoms with Gasteiger partial charge in [-0.3, -0.25) is 9.69 Å². The lowest BCUT2D eigenvalue weighted by atomic mass is 10.1. The number of rotatable bonds is 11. The summed E-state index contributed by atoms with van der Waals surface area (Å²) in [4.78, 5) is 15.6. The van der Waals surface area contributed by atoms with Crippen molar-refractivity contribution in [2.75, 3.05) is 26.8 Å². The zero-order chi connectivity index (χ0) is 25.5. The van der Waals surface area contributed by atoms with Crippen LogP contribution in [0.5, 0.6) is 5.75 Å². The minimum absolute atomic E-state index is 0.105. The predicted octanol–water partition coefficient (Wildman–Crippen LogP) is 3.73. The van der Waals surface area contributed by atoms with Crippen molar-refractivity contribution < 1.29 is 14.3 Å². The molecule has 2 atom stereocenters. The van der Waals surface area contributed by atoms with Crippen molar-refractivity contribution in [3.8, 4) is 5.75 Å². The van der Waals surface area contributed by atoms with Crippen LogP contribution >= 0.6 is 0 Å². The summed E-state index contributed by atoms with van der Waals surface area (Å²) in [7, 11) is 1.66. The van der Waals surface area contributed by atoms with Gasteiger partial charge in [0.25, 0.3) is 0 Å². The first kappa shape index (κ1) is 25.5. The summed E-state index contributed by atoms with van der Waals surface area (Å²) in [5, 5.41) is 6.80. The van der Waals surface area contributed by atoms with Crippen LogP contribution in [-0.2, 0) is 35.5 Å². The van der Waals surface area contributed by atoms with Gasteiger partial charge < -0.3 is 20.1 Å². The number of likely N-dealkylation sites (tertiary alicyclic amines) is 1. The van der Waals surface area contributed by atoms with Crippen LogP contribution in [0.15, 0.2) is 78.9 Å². The van der Waals surface area contributed by atoms with E-state index in [1.165, 1.54) is 16.7 Å². The molecule has 0 bridgehead atoms. The van der Waals surface area contributed by atoms with E-state index in [0.29, 0.717) is 25.8 Å². The molecular weight excluding hydrogens is 462 g/mol. The second-order valence-corrected chi connectivity index (χ2v) is 10.1. The van der Waals surface area contributed by atoms with Crippen LogP contribution in [0.4, 0.5) is 0 Å². The molecule has 6 nitrogen and oxygen atoms in total. The lowest BCUT2D eigenvalue weighted by Gasteiger charge is -2.29. The fourth-order valence-electron chi connectivity index (χ4n) is 5.58. The summed E-state index contributed by atoms with van der Waals surface area (Å²) in [5.74, 6) is 0.976. The Morgan fingerprint density at radius 3 is 2.43 bits per heavy atom.